The van der Waals surface area contributed by atoms with Gasteiger partial charge in [-0.05, 0) is 49.6 Å². The van der Waals surface area contributed by atoms with Crippen LogP contribution in [0.2, 0.25) is 0 Å². The highest BCUT2D eigenvalue weighted by atomic mass is 16.5. The van der Waals surface area contributed by atoms with Gasteiger partial charge in [-0.3, -0.25) is 4.79 Å². The molecule has 0 atom stereocenters. The van der Waals surface area contributed by atoms with Crippen LogP contribution in [0.15, 0.2) is 48.5 Å². The Morgan fingerprint density at radius 3 is 2.81 bits per heavy atom. The first-order chi connectivity index (χ1) is 15.7. The van der Waals surface area contributed by atoms with E-state index in [0.717, 1.165) is 53.3 Å². The van der Waals surface area contributed by atoms with Crippen molar-refractivity contribution >= 4 is 23.0 Å². The number of aromatic nitrogens is 2. The van der Waals surface area contributed by atoms with Crippen LogP contribution in [0.1, 0.15) is 44.5 Å². The van der Waals surface area contributed by atoms with Gasteiger partial charge in [0.05, 0.1) is 24.8 Å². The van der Waals surface area contributed by atoms with Crippen molar-refractivity contribution in [2.75, 3.05) is 20.3 Å². The number of rotatable bonds is 12. The number of amides is 1. The Kier molecular flexibility index (Phi) is 8.72. The van der Waals surface area contributed by atoms with Gasteiger partial charge in [0.1, 0.15) is 5.82 Å². The van der Waals surface area contributed by atoms with Gasteiger partial charge in [0, 0.05) is 25.9 Å². The smallest absolute Gasteiger partial charge is 0.219 e. The molecule has 32 heavy (non-hydrogen) atoms. The minimum Gasteiger partial charge on any atom is -0.493 e. The maximum absolute atomic E-state index is 11.8. The SMILES string of the molecule is C/C=C/c1ccc(OCCCn2c(CCNC(=O)CCC)nc3ccccc32)c(OC)c1. The zero-order valence-electron chi connectivity index (χ0n) is 19.3. The number of nitrogens with one attached hydrogen (secondary N) is 1. The van der Waals surface area contributed by atoms with Gasteiger partial charge in [0.2, 0.25) is 5.91 Å². The third-order valence-corrected chi connectivity index (χ3v) is 5.21. The maximum Gasteiger partial charge on any atom is 0.219 e. The van der Waals surface area contributed by atoms with Crippen molar-refractivity contribution in [3.8, 4) is 11.5 Å². The fourth-order valence-electron chi connectivity index (χ4n) is 3.70. The van der Waals surface area contributed by atoms with Crippen LogP contribution < -0.4 is 14.8 Å². The molecule has 6 nitrogen and oxygen atoms in total. The van der Waals surface area contributed by atoms with Crippen molar-refractivity contribution in [3.63, 3.8) is 0 Å². The zero-order chi connectivity index (χ0) is 22.8. The first kappa shape index (κ1) is 23.4. The number of benzene rings is 2. The lowest BCUT2D eigenvalue weighted by Crippen LogP contribution is -2.26. The molecule has 1 N–H and O–H groups in total. The molecule has 3 rings (SSSR count). The van der Waals surface area contributed by atoms with Gasteiger partial charge in [-0.15, -0.1) is 0 Å². The monoisotopic (exact) mass is 435 g/mol. The number of carbonyl (C=O) groups is 1. The first-order valence-electron chi connectivity index (χ1n) is 11.3. The normalized spacial score (nSPS) is 11.2. The molecule has 0 bridgehead atoms. The summed E-state index contributed by atoms with van der Waals surface area (Å²) >= 11 is 0. The number of nitrogens with zero attached hydrogens (tertiary/aromatic N) is 2. The van der Waals surface area contributed by atoms with Gasteiger partial charge in [0.25, 0.3) is 0 Å². The third-order valence-electron chi connectivity index (χ3n) is 5.21. The number of hydrogen-bond acceptors (Lipinski definition) is 4. The molecule has 0 fully saturated rings. The molecule has 0 aliphatic carbocycles. The number of methoxy groups -OCH3 is 1. The van der Waals surface area contributed by atoms with E-state index in [-0.39, 0.29) is 5.91 Å². The van der Waals surface area contributed by atoms with Gasteiger partial charge in [-0.2, -0.15) is 0 Å². The second kappa shape index (κ2) is 11.9. The lowest BCUT2D eigenvalue weighted by Gasteiger charge is -2.13. The third kappa shape index (κ3) is 6.13. The number of fused-ring (bicyclic) bond motifs is 1. The van der Waals surface area contributed by atoms with Crippen molar-refractivity contribution in [1.29, 1.82) is 0 Å². The van der Waals surface area contributed by atoms with Crippen LogP contribution in [0.4, 0.5) is 0 Å². The summed E-state index contributed by atoms with van der Waals surface area (Å²) in [5, 5.41) is 2.98. The van der Waals surface area contributed by atoms with E-state index in [9.17, 15) is 4.79 Å². The molecule has 0 aliphatic heterocycles. The molecule has 170 valence electrons. The minimum atomic E-state index is 0.0953. The highest BCUT2D eigenvalue weighted by Gasteiger charge is 2.11. The standard InChI is InChI=1S/C26H33N3O3/c1-4-9-20-13-14-23(24(19-20)31-3)32-18-8-17-29-22-12-7-6-11-21(22)28-25(29)15-16-27-26(30)10-5-2/h4,6-7,9,11-14,19H,5,8,10,15-18H2,1-3H3,(H,27,30)/b9-4+. The quantitative estimate of drug-likeness (QED) is 0.406. The minimum absolute atomic E-state index is 0.0953. The predicted molar refractivity (Wildman–Crippen MR) is 129 cm³/mol. The molecule has 6 heteroatoms. The number of carbonyl (C=O) groups excluding carboxylic acids is 1. The molecular weight excluding hydrogens is 402 g/mol. The Hall–Kier alpha value is -3.28. The van der Waals surface area contributed by atoms with Crippen LogP contribution in [-0.4, -0.2) is 35.7 Å². The molecule has 3 aromatic rings. The van der Waals surface area contributed by atoms with Gasteiger partial charge in [-0.1, -0.05) is 37.3 Å². The number of imidazole rings is 1. The van der Waals surface area contributed by atoms with Crippen molar-refractivity contribution in [2.45, 2.75) is 46.1 Å². The van der Waals surface area contributed by atoms with Crippen LogP contribution in [0.5, 0.6) is 11.5 Å². The zero-order valence-corrected chi connectivity index (χ0v) is 19.3. The van der Waals surface area contributed by atoms with Crippen LogP contribution >= 0.6 is 0 Å². The van der Waals surface area contributed by atoms with Crippen molar-refractivity contribution < 1.29 is 14.3 Å². The molecule has 2 aromatic carbocycles. The lowest BCUT2D eigenvalue weighted by molar-refractivity contribution is -0.121. The molecule has 1 aromatic heterocycles. The van der Waals surface area contributed by atoms with Gasteiger partial charge >= 0.3 is 0 Å². The molecular formula is C26H33N3O3. The Morgan fingerprint density at radius 2 is 2.03 bits per heavy atom. The largest absolute Gasteiger partial charge is 0.493 e. The van der Waals surface area contributed by atoms with Crippen molar-refractivity contribution in [1.82, 2.24) is 14.9 Å². The van der Waals surface area contributed by atoms with E-state index in [2.05, 4.69) is 16.0 Å². The predicted octanol–water partition coefficient (Wildman–Crippen LogP) is 5.01. The number of ether oxygens (including phenoxy) is 2. The lowest BCUT2D eigenvalue weighted by atomic mass is 10.2. The second-order valence-electron chi connectivity index (χ2n) is 7.63. The van der Waals surface area contributed by atoms with E-state index in [1.807, 2.05) is 62.4 Å². The average molecular weight is 436 g/mol. The second-order valence-corrected chi connectivity index (χ2v) is 7.63. The number of para-hydroxylation sites is 2. The Morgan fingerprint density at radius 1 is 1.19 bits per heavy atom. The summed E-state index contributed by atoms with van der Waals surface area (Å²) in [5.41, 5.74) is 3.16. The number of aryl methyl sites for hydroxylation is 1. The van der Waals surface area contributed by atoms with Crippen molar-refractivity contribution in [2.24, 2.45) is 0 Å². The van der Waals surface area contributed by atoms with E-state index in [1.54, 1.807) is 7.11 Å². The van der Waals surface area contributed by atoms with Gasteiger partial charge < -0.3 is 19.4 Å². The molecule has 0 saturated carbocycles. The summed E-state index contributed by atoms with van der Waals surface area (Å²) in [6.07, 6.45) is 6.97. The molecule has 0 aliphatic rings. The van der Waals surface area contributed by atoms with Gasteiger partial charge in [-0.25, -0.2) is 4.98 Å². The topological polar surface area (TPSA) is 65.4 Å². The fourth-order valence-corrected chi connectivity index (χ4v) is 3.70. The number of allylic oxidation sites excluding steroid dienone is 1. The molecule has 1 amide bonds. The molecule has 0 spiro atoms. The highest BCUT2D eigenvalue weighted by Crippen LogP contribution is 2.28. The van der Waals surface area contributed by atoms with Crippen LogP contribution in [0.3, 0.4) is 0 Å². The van der Waals surface area contributed by atoms with Crippen LogP contribution in [-0.2, 0) is 17.8 Å². The van der Waals surface area contributed by atoms with Crippen molar-refractivity contribution in [3.05, 3.63) is 59.9 Å². The molecule has 0 saturated heterocycles. The summed E-state index contributed by atoms with van der Waals surface area (Å²) in [7, 11) is 1.66. The highest BCUT2D eigenvalue weighted by molar-refractivity contribution is 5.76. The summed E-state index contributed by atoms with van der Waals surface area (Å²) in [6.45, 7) is 5.95. The number of hydrogen-bond donors (Lipinski definition) is 1. The summed E-state index contributed by atoms with van der Waals surface area (Å²) in [4.78, 5) is 16.6. The van der Waals surface area contributed by atoms with E-state index in [1.165, 1.54) is 0 Å². The summed E-state index contributed by atoms with van der Waals surface area (Å²) in [6, 6.07) is 14.1. The van der Waals surface area contributed by atoms with E-state index >= 15 is 0 Å². The van der Waals surface area contributed by atoms with Crippen LogP contribution in [0.25, 0.3) is 17.1 Å². The van der Waals surface area contributed by atoms with Gasteiger partial charge in [0.15, 0.2) is 11.5 Å². The average Bonchev–Trinajstić information content (AvgIpc) is 3.15. The summed E-state index contributed by atoms with van der Waals surface area (Å²) in [5.74, 6) is 2.56. The Bertz CT molecular complexity index is 1060. The molecule has 0 radical (unpaired) electrons. The van der Waals surface area contributed by atoms with Crippen LogP contribution in [0, 0.1) is 0 Å². The molecule has 0 unspecified atom stereocenters. The van der Waals surface area contributed by atoms with E-state index in [4.69, 9.17) is 14.5 Å². The fraction of sp³-hybridized carbons (Fsp3) is 0.385. The molecule has 1 heterocycles. The van der Waals surface area contributed by atoms with E-state index < -0.39 is 0 Å². The Labute approximate surface area is 190 Å². The maximum atomic E-state index is 11.8. The van der Waals surface area contributed by atoms with E-state index in [0.29, 0.717) is 26.0 Å². The first-order valence-corrected chi connectivity index (χ1v) is 11.3. The Balaban J connectivity index is 1.62. The summed E-state index contributed by atoms with van der Waals surface area (Å²) < 4.78 is 13.7.